The zero-order valence-electron chi connectivity index (χ0n) is 8.86. The Labute approximate surface area is 84.4 Å². The molecule has 0 aliphatic carbocycles. The van der Waals surface area contributed by atoms with Crippen LogP contribution in [0.4, 0.5) is 5.95 Å². The van der Waals surface area contributed by atoms with Gasteiger partial charge in [0.05, 0.1) is 0 Å². The number of nitrogens with one attached hydrogen (secondary N) is 1. The van der Waals surface area contributed by atoms with Gasteiger partial charge in [-0.15, -0.1) is 0 Å². The van der Waals surface area contributed by atoms with E-state index in [0.717, 1.165) is 5.69 Å². The Morgan fingerprint density at radius 3 is 2.79 bits per heavy atom. The summed E-state index contributed by atoms with van der Waals surface area (Å²) in [6.07, 6.45) is 1.72. The maximum Gasteiger partial charge on any atom is 0.223 e. The first-order valence-corrected chi connectivity index (χ1v) is 4.80. The molecule has 14 heavy (non-hydrogen) atoms. The number of aliphatic hydroxyl groups is 1. The van der Waals surface area contributed by atoms with Gasteiger partial charge in [0.25, 0.3) is 0 Å². The van der Waals surface area contributed by atoms with Gasteiger partial charge < -0.3 is 10.4 Å². The third kappa shape index (κ3) is 2.96. The Balaban J connectivity index is 2.60. The van der Waals surface area contributed by atoms with Gasteiger partial charge in [0.2, 0.25) is 5.95 Å². The average molecular weight is 195 g/mol. The molecule has 0 radical (unpaired) electrons. The lowest BCUT2D eigenvalue weighted by Crippen LogP contribution is -2.27. The van der Waals surface area contributed by atoms with Gasteiger partial charge in [-0.1, -0.05) is 6.92 Å². The fourth-order valence-corrected chi connectivity index (χ4v) is 1.02. The fourth-order valence-electron chi connectivity index (χ4n) is 1.02. The van der Waals surface area contributed by atoms with Crippen molar-refractivity contribution >= 4 is 5.95 Å². The van der Waals surface area contributed by atoms with E-state index in [1.807, 2.05) is 26.8 Å². The summed E-state index contributed by atoms with van der Waals surface area (Å²) in [5.41, 5.74) is 0.936. The van der Waals surface area contributed by atoms with Gasteiger partial charge >= 0.3 is 0 Å². The summed E-state index contributed by atoms with van der Waals surface area (Å²) in [4.78, 5) is 8.32. The van der Waals surface area contributed by atoms with E-state index in [2.05, 4.69) is 15.3 Å². The molecule has 0 bridgehead atoms. The number of aryl methyl sites for hydroxylation is 1. The van der Waals surface area contributed by atoms with E-state index in [0.29, 0.717) is 5.95 Å². The van der Waals surface area contributed by atoms with E-state index in [1.54, 1.807) is 6.20 Å². The highest BCUT2D eigenvalue weighted by atomic mass is 16.3. The summed E-state index contributed by atoms with van der Waals surface area (Å²) < 4.78 is 0. The molecule has 2 N–H and O–H groups in total. The van der Waals surface area contributed by atoms with Gasteiger partial charge in [0.15, 0.2) is 0 Å². The van der Waals surface area contributed by atoms with E-state index < -0.39 is 0 Å². The quantitative estimate of drug-likeness (QED) is 0.758. The van der Waals surface area contributed by atoms with Crippen molar-refractivity contribution in [2.45, 2.75) is 26.8 Å². The monoisotopic (exact) mass is 195 g/mol. The number of anilines is 1. The standard InChI is InChI=1S/C10H17N3O/c1-7(6-14)9(3)13-10-11-5-4-8(2)12-10/h4-5,7,9,14H,6H2,1-3H3,(H,11,12,13). The van der Waals surface area contributed by atoms with Crippen molar-refractivity contribution in [3.63, 3.8) is 0 Å². The second-order valence-electron chi connectivity index (χ2n) is 3.61. The number of aliphatic hydroxyl groups excluding tert-OH is 1. The number of hydrogen-bond acceptors (Lipinski definition) is 4. The van der Waals surface area contributed by atoms with Gasteiger partial charge in [0.1, 0.15) is 0 Å². The van der Waals surface area contributed by atoms with Gasteiger partial charge in [-0.05, 0) is 25.8 Å². The van der Waals surface area contributed by atoms with Crippen molar-refractivity contribution in [1.82, 2.24) is 9.97 Å². The van der Waals surface area contributed by atoms with Crippen LogP contribution in [0.1, 0.15) is 19.5 Å². The summed E-state index contributed by atoms with van der Waals surface area (Å²) in [6, 6.07) is 2.02. The first-order chi connectivity index (χ1) is 6.63. The average Bonchev–Trinajstić information content (AvgIpc) is 2.16. The third-order valence-corrected chi connectivity index (χ3v) is 2.29. The van der Waals surface area contributed by atoms with Gasteiger partial charge in [-0.25, -0.2) is 9.97 Å². The van der Waals surface area contributed by atoms with E-state index in [4.69, 9.17) is 5.11 Å². The predicted molar refractivity (Wildman–Crippen MR) is 56.1 cm³/mol. The van der Waals surface area contributed by atoms with Crippen molar-refractivity contribution < 1.29 is 5.11 Å². The van der Waals surface area contributed by atoms with Crippen LogP contribution in [0.15, 0.2) is 12.3 Å². The summed E-state index contributed by atoms with van der Waals surface area (Å²) >= 11 is 0. The van der Waals surface area contributed by atoms with Crippen LogP contribution in [0.2, 0.25) is 0 Å². The van der Waals surface area contributed by atoms with Crippen LogP contribution in [-0.4, -0.2) is 27.7 Å². The molecule has 0 saturated heterocycles. The van der Waals surface area contributed by atoms with Crippen molar-refractivity contribution in [1.29, 1.82) is 0 Å². The van der Waals surface area contributed by atoms with Crippen molar-refractivity contribution in [2.24, 2.45) is 5.92 Å². The summed E-state index contributed by atoms with van der Waals surface area (Å²) in [5, 5.41) is 12.1. The molecule has 1 aromatic rings. The molecule has 0 spiro atoms. The molecular weight excluding hydrogens is 178 g/mol. The van der Waals surface area contributed by atoms with E-state index in [-0.39, 0.29) is 18.6 Å². The number of hydrogen-bond donors (Lipinski definition) is 2. The van der Waals surface area contributed by atoms with Crippen LogP contribution in [0, 0.1) is 12.8 Å². The molecule has 1 heterocycles. The Morgan fingerprint density at radius 1 is 1.50 bits per heavy atom. The highest BCUT2D eigenvalue weighted by Gasteiger charge is 2.11. The molecule has 0 aliphatic rings. The number of aromatic nitrogens is 2. The molecule has 0 aliphatic heterocycles. The van der Waals surface area contributed by atoms with Crippen LogP contribution in [0.3, 0.4) is 0 Å². The highest BCUT2D eigenvalue weighted by molar-refractivity contribution is 5.26. The smallest absolute Gasteiger partial charge is 0.223 e. The number of nitrogens with zero attached hydrogens (tertiary/aromatic N) is 2. The molecule has 4 nitrogen and oxygen atoms in total. The minimum atomic E-state index is 0.167. The second kappa shape index (κ2) is 4.91. The molecule has 0 fully saturated rings. The lowest BCUT2D eigenvalue weighted by molar-refractivity contribution is 0.226. The zero-order chi connectivity index (χ0) is 10.6. The fraction of sp³-hybridized carbons (Fsp3) is 0.600. The summed E-state index contributed by atoms with van der Waals surface area (Å²) in [6.45, 7) is 6.08. The molecule has 2 unspecified atom stereocenters. The Bertz CT molecular complexity index is 290. The van der Waals surface area contributed by atoms with E-state index in [1.165, 1.54) is 0 Å². The van der Waals surface area contributed by atoms with Crippen LogP contribution in [0.25, 0.3) is 0 Å². The highest BCUT2D eigenvalue weighted by Crippen LogP contribution is 2.07. The lowest BCUT2D eigenvalue weighted by Gasteiger charge is -2.18. The maximum atomic E-state index is 8.96. The van der Waals surface area contributed by atoms with Crippen molar-refractivity contribution in [3.05, 3.63) is 18.0 Å². The molecule has 0 amide bonds. The van der Waals surface area contributed by atoms with Crippen molar-refractivity contribution in [2.75, 3.05) is 11.9 Å². The first-order valence-electron chi connectivity index (χ1n) is 4.80. The van der Waals surface area contributed by atoms with Crippen LogP contribution in [0.5, 0.6) is 0 Å². The van der Waals surface area contributed by atoms with Gasteiger partial charge in [-0.3, -0.25) is 0 Å². The normalized spacial score (nSPS) is 14.9. The molecule has 0 saturated carbocycles. The number of rotatable bonds is 4. The van der Waals surface area contributed by atoms with Gasteiger partial charge in [0, 0.05) is 24.5 Å². The van der Waals surface area contributed by atoms with E-state index >= 15 is 0 Å². The largest absolute Gasteiger partial charge is 0.396 e. The lowest BCUT2D eigenvalue weighted by atomic mass is 10.1. The first kappa shape index (κ1) is 10.9. The third-order valence-electron chi connectivity index (χ3n) is 2.29. The maximum absolute atomic E-state index is 8.96. The molecule has 1 rings (SSSR count). The second-order valence-corrected chi connectivity index (χ2v) is 3.61. The van der Waals surface area contributed by atoms with Crippen LogP contribution >= 0.6 is 0 Å². The van der Waals surface area contributed by atoms with E-state index in [9.17, 15) is 0 Å². The minimum absolute atomic E-state index is 0.167. The summed E-state index contributed by atoms with van der Waals surface area (Å²) in [5.74, 6) is 0.817. The topological polar surface area (TPSA) is 58.0 Å². The molecule has 1 aromatic heterocycles. The molecule has 2 atom stereocenters. The van der Waals surface area contributed by atoms with Crippen LogP contribution in [-0.2, 0) is 0 Å². The SMILES string of the molecule is Cc1ccnc(NC(C)C(C)CO)n1. The Kier molecular flexibility index (Phi) is 3.83. The molecule has 4 heteroatoms. The van der Waals surface area contributed by atoms with Gasteiger partial charge in [-0.2, -0.15) is 0 Å². The summed E-state index contributed by atoms with van der Waals surface area (Å²) in [7, 11) is 0. The predicted octanol–water partition coefficient (Wildman–Crippen LogP) is 1.21. The van der Waals surface area contributed by atoms with Crippen LogP contribution < -0.4 is 5.32 Å². The molecule has 0 aromatic carbocycles. The minimum Gasteiger partial charge on any atom is -0.396 e. The van der Waals surface area contributed by atoms with Crippen molar-refractivity contribution in [3.8, 4) is 0 Å². The Morgan fingerprint density at radius 2 is 2.21 bits per heavy atom. The zero-order valence-corrected chi connectivity index (χ0v) is 8.86. The molecular formula is C10H17N3O. The molecule has 78 valence electrons. The Hall–Kier alpha value is -1.16.